The molecule has 2 aromatic carbocycles. The zero-order chi connectivity index (χ0) is 18.4. The molecule has 0 saturated heterocycles. The van der Waals surface area contributed by atoms with Crippen molar-refractivity contribution in [2.24, 2.45) is 7.05 Å². The highest BCUT2D eigenvalue weighted by molar-refractivity contribution is 6.02. The molecule has 1 amide bonds. The molecule has 4 aromatic rings. The summed E-state index contributed by atoms with van der Waals surface area (Å²) in [6.07, 6.45) is 0. The Kier molecular flexibility index (Phi) is 3.76. The highest BCUT2D eigenvalue weighted by Gasteiger charge is 2.22. The van der Waals surface area contributed by atoms with E-state index >= 15 is 0 Å². The van der Waals surface area contributed by atoms with Gasteiger partial charge in [0.05, 0.1) is 5.52 Å². The van der Waals surface area contributed by atoms with Crippen LogP contribution < -0.4 is 0 Å². The molecule has 2 aromatic heterocycles. The zero-order valence-corrected chi connectivity index (χ0v) is 15.3. The summed E-state index contributed by atoms with van der Waals surface area (Å²) in [6, 6.07) is 11.9. The molecule has 0 aliphatic heterocycles. The van der Waals surface area contributed by atoms with Crippen LogP contribution in [0.15, 0.2) is 41.0 Å². The van der Waals surface area contributed by atoms with Crippen LogP contribution in [0.4, 0.5) is 0 Å². The molecule has 0 bridgehead atoms. The number of hydrogen-bond acceptors (Lipinski definition) is 4. The topological polar surface area (TPSA) is 64.2 Å². The highest BCUT2D eigenvalue weighted by atomic mass is 16.6. The molecule has 132 valence electrons. The number of amides is 1. The van der Waals surface area contributed by atoms with Crippen LogP contribution in [0.2, 0.25) is 0 Å². The van der Waals surface area contributed by atoms with Gasteiger partial charge in [-0.05, 0) is 53.0 Å². The fourth-order valence-corrected chi connectivity index (χ4v) is 3.65. The lowest BCUT2D eigenvalue weighted by Gasteiger charge is -2.18. The largest absolute Gasteiger partial charge is 0.339 e. The standard InChI is InChI=1S/C20H20N4O2/c1-12-6-5-7-15-13(2)19(24(4)18(12)15)20(25)23(3)11-14-8-9-16-17(10-14)22-26-21-16/h5-10H,11H2,1-4H3. The van der Waals surface area contributed by atoms with Gasteiger partial charge in [-0.3, -0.25) is 4.79 Å². The van der Waals surface area contributed by atoms with Crippen molar-refractivity contribution in [2.75, 3.05) is 7.05 Å². The van der Waals surface area contributed by atoms with Crippen molar-refractivity contribution in [2.45, 2.75) is 20.4 Å². The zero-order valence-electron chi connectivity index (χ0n) is 15.3. The summed E-state index contributed by atoms with van der Waals surface area (Å²) in [7, 11) is 3.77. The minimum absolute atomic E-state index is 0.000949. The summed E-state index contributed by atoms with van der Waals surface area (Å²) in [5, 5.41) is 8.79. The Balaban J connectivity index is 1.68. The van der Waals surface area contributed by atoms with Gasteiger partial charge in [0.1, 0.15) is 16.7 Å². The number of rotatable bonds is 3. The highest BCUT2D eigenvalue weighted by Crippen LogP contribution is 2.28. The Morgan fingerprint density at radius 1 is 1.15 bits per heavy atom. The van der Waals surface area contributed by atoms with Gasteiger partial charge >= 0.3 is 0 Å². The van der Waals surface area contributed by atoms with Gasteiger partial charge in [-0.2, -0.15) is 0 Å². The summed E-state index contributed by atoms with van der Waals surface area (Å²) < 4.78 is 6.74. The number of aryl methyl sites for hydroxylation is 3. The smallest absolute Gasteiger partial charge is 0.270 e. The maximum atomic E-state index is 13.1. The number of aromatic nitrogens is 3. The van der Waals surface area contributed by atoms with Crippen molar-refractivity contribution >= 4 is 27.8 Å². The van der Waals surface area contributed by atoms with Crippen LogP contribution >= 0.6 is 0 Å². The van der Waals surface area contributed by atoms with E-state index in [1.807, 2.05) is 49.9 Å². The van der Waals surface area contributed by atoms with Crippen LogP contribution in [0.5, 0.6) is 0 Å². The lowest BCUT2D eigenvalue weighted by molar-refractivity contribution is 0.0775. The molecule has 2 heterocycles. The van der Waals surface area contributed by atoms with E-state index in [0.29, 0.717) is 17.6 Å². The third-order valence-electron chi connectivity index (χ3n) is 4.95. The summed E-state index contributed by atoms with van der Waals surface area (Å²) in [5.41, 5.74) is 6.40. The number of fused-ring (bicyclic) bond motifs is 2. The van der Waals surface area contributed by atoms with Crippen molar-refractivity contribution < 1.29 is 9.42 Å². The predicted octanol–water partition coefficient (Wildman–Crippen LogP) is 3.60. The van der Waals surface area contributed by atoms with Crippen LogP contribution in [0.3, 0.4) is 0 Å². The predicted molar refractivity (Wildman–Crippen MR) is 100.0 cm³/mol. The van der Waals surface area contributed by atoms with Gasteiger partial charge in [-0.1, -0.05) is 24.3 Å². The summed E-state index contributed by atoms with van der Waals surface area (Å²) >= 11 is 0. The van der Waals surface area contributed by atoms with Crippen molar-refractivity contribution in [3.05, 3.63) is 58.8 Å². The van der Waals surface area contributed by atoms with Crippen LogP contribution in [-0.4, -0.2) is 32.7 Å². The van der Waals surface area contributed by atoms with E-state index in [4.69, 9.17) is 4.63 Å². The molecule has 26 heavy (non-hydrogen) atoms. The van der Waals surface area contributed by atoms with Crippen LogP contribution in [0.1, 0.15) is 27.2 Å². The Morgan fingerprint density at radius 2 is 1.92 bits per heavy atom. The van der Waals surface area contributed by atoms with Crippen LogP contribution in [0.25, 0.3) is 21.9 Å². The number of nitrogens with zero attached hydrogens (tertiary/aromatic N) is 4. The maximum Gasteiger partial charge on any atom is 0.270 e. The van der Waals surface area contributed by atoms with Crippen molar-refractivity contribution in [1.29, 1.82) is 0 Å². The molecule has 4 rings (SSSR count). The number of para-hydroxylation sites is 1. The Hall–Kier alpha value is -3.15. The van der Waals surface area contributed by atoms with Crippen molar-refractivity contribution in [3.8, 4) is 0 Å². The van der Waals surface area contributed by atoms with E-state index in [9.17, 15) is 4.79 Å². The summed E-state index contributed by atoms with van der Waals surface area (Å²) in [6.45, 7) is 4.57. The monoisotopic (exact) mass is 348 g/mol. The molecule has 0 unspecified atom stereocenters. The third kappa shape index (κ3) is 2.45. The van der Waals surface area contributed by atoms with Gasteiger partial charge in [0.25, 0.3) is 5.91 Å². The average molecular weight is 348 g/mol. The van der Waals surface area contributed by atoms with Crippen molar-refractivity contribution in [1.82, 2.24) is 19.8 Å². The van der Waals surface area contributed by atoms with Gasteiger partial charge in [0, 0.05) is 26.0 Å². The van der Waals surface area contributed by atoms with Crippen LogP contribution in [0, 0.1) is 13.8 Å². The summed E-state index contributed by atoms with van der Waals surface area (Å²) in [4.78, 5) is 14.9. The Labute approximate surface area is 151 Å². The van der Waals surface area contributed by atoms with Gasteiger partial charge in [0.2, 0.25) is 0 Å². The molecular formula is C20H20N4O2. The quantitative estimate of drug-likeness (QED) is 0.567. The van der Waals surface area contributed by atoms with Crippen molar-refractivity contribution in [3.63, 3.8) is 0 Å². The Bertz CT molecular complexity index is 1140. The van der Waals surface area contributed by atoms with E-state index in [1.54, 1.807) is 4.90 Å². The molecule has 0 saturated carbocycles. The fourth-order valence-electron chi connectivity index (χ4n) is 3.65. The molecule has 0 radical (unpaired) electrons. The first-order valence-corrected chi connectivity index (χ1v) is 8.48. The van der Waals surface area contributed by atoms with Gasteiger partial charge in [-0.15, -0.1) is 0 Å². The van der Waals surface area contributed by atoms with Gasteiger partial charge in [-0.25, -0.2) is 4.63 Å². The average Bonchev–Trinajstić information content (AvgIpc) is 3.18. The minimum Gasteiger partial charge on any atom is -0.339 e. The van der Waals surface area contributed by atoms with Gasteiger partial charge < -0.3 is 9.47 Å². The SMILES string of the molecule is Cc1c(C(=O)N(C)Cc2ccc3nonc3c2)n(C)c2c(C)cccc12. The second-order valence-corrected chi connectivity index (χ2v) is 6.75. The molecule has 0 spiro atoms. The number of hydrogen-bond donors (Lipinski definition) is 0. The van der Waals surface area contributed by atoms with E-state index in [1.165, 1.54) is 5.56 Å². The second-order valence-electron chi connectivity index (χ2n) is 6.75. The van der Waals surface area contributed by atoms with E-state index < -0.39 is 0 Å². The molecule has 0 atom stereocenters. The second kappa shape index (κ2) is 5.98. The minimum atomic E-state index is -0.000949. The first kappa shape index (κ1) is 16.3. The maximum absolute atomic E-state index is 13.1. The number of benzene rings is 2. The summed E-state index contributed by atoms with van der Waals surface area (Å²) in [5.74, 6) is -0.000949. The molecule has 6 nitrogen and oxygen atoms in total. The van der Waals surface area contributed by atoms with E-state index in [-0.39, 0.29) is 5.91 Å². The third-order valence-corrected chi connectivity index (χ3v) is 4.95. The molecule has 0 fully saturated rings. The fraction of sp³-hybridized carbons (Fsp3) is 0.250. The van der Waals surface area contributed by atoms with Gasteiger partial charge in [0.15, 0.2) is 0 Å². The normalized spacial score (nSPS) is 11.4. The van der Waals surface area contributed by atoms with Crippen LogP contribution in [-0.2, 0) is 13.6 Å². The molecule has 0 N–H and O–H groups in total. The number of carbonyl (C=O) groups is 1. The molecular weight excluding hydrogens is 328 g/mol. The Morgan fingerprint density at radius 3 is 2.69 bits per heavy atom. The lowest BCUT2D eigenvalue weighted by Crippen LogP contribution is -2.28. The van der Waals surface area contributed by atoms with E-state index in [0.717, 1.165) is 27.7 Å². The molecule has 6 heteroatoms. The first-order chi connectivity index (χ1) is 12.5. The lowest BCUT2D eigenvalue weighted by atomic mass is 10.1. The molecule has 0 aliphatic carbocycles. The van der Waals surface area contributed by atoms with E-state index in [2.05, 4.69) is 29.4 Å². The molecule has 0 aliphatic rings. The number of carbonyl (C=O) groups excluding carboxylic acids is 1. The first-order valence-electron chi connectivity index (χ1n) is 8.48.